The monoisotopic (exact) mass is 150 g/mol. The lowest BCUT2D eigenvalue weighted by Crippen LogP contribution is -1.72. The molecular formula is C10H14O. The average Bonchev–Trinajstić information content (AvgIpc) is 2.66. The van der Waals surface area contributed by atoms with Crippen LogP contribution in [-0.4, -0.2) is 0 Å². The fraction of sp³-hybridized carbons (Fsp3) is 0.400. The van der Waals surface area contributed by atoms with Crippen LogP contribution in [0, 0.1) is 0 Å². The average molecular weight is 150 g/mol. The molecule has 1 rings (SSSR count). The number of hydrogen-bond acceptors (Lipinski definition) is 1. The van der Waals surface area contributed by atoms with E-state index in [1.54, 1.807) is 6.26 Å². The van der Waals surface area contributed by atoms with Gasteiger partial charge in [-0.25, -0.2) is 0 Å². The Kier molecular flexibility index (Phi) is 2.53. The molecule has 0 aliphatic carbocycles. The van der Waals surface area contributed by atoms with Crippen molar-refractivity contribution in [1.29, 1.82) is 0 Å². The summed E-state index contributed by atoms with van der Waals surface area (Å²) in [4.78, 5) is 0. The maximum absolute atomic E-state index is 4.93. The first-order valence-corrected chi connectivity index (χ1v) is 3.87. The molecule has 0 saturated heterocycles. The molecule has 0 unspecified atom stereocenters. The molecule has 0 aromatic carbocycles. The van der Waals surface area contributed by atoms with Crippen LogP contribution >= 0.6 is 0 Å². The van der Waals surface area contributed by atoms with Crippen LogP contribution in [0.15, 0.2) is 35.3 Å². The van der Waals surface area contributed by atoms with Gasteiger partial charge in [0.2, 0.25) is 0 Å². The van der Waals surface area contributed by atoms with Gasteiger partial charge >= 0.3 is 0 Å². The lowest BCUT2D eigenvalue weighted by molar-refractivity contribution is 0.509. The van der Waals surface area contributed by atoms with Crippen molar-refractivity contribution >= 4 is 0 Å². The summed E-state index contributed by atoms with van der Waals surface area (Å²) >= 11 is 0. The third-order valence-corrected chi connectivity index (χ3v) is 1.57. The molecule has 0 atom stereocenters. The molecule has 1 nitrogen and oxygen atoms in total. The predicted octanol–water partition coefficient (Wildman–Crippen LogP) is 3.16. The van der Waals surface area contributed by atoms with E-state index in [1.165, 1.54) is 11.1 Å². The van der Waals surface area contributed by atoms with Crippen LogP contribution in [0.3, 0.4) is 0 Å². The van der Waals surface area contributed by atoms with Gasteiger partial charge in [0, 0.05) is 0 Å². The zero-order valence-corrected chi connectivity index (χ0v) is 7.35. The maximum atomic E-state index is 4.93. The molecule has 0 radical (unpaired) electrons. The Morgan fingerprint density at radius 2 is 2.00 bits per heavy atom. The van der Waals surface area contributed by atoms with Gasteiger partial charge in [0.1, 0.15) is 6.26 Å². The molecule has 0 aromatic heterocycles. The Balaban J connectivity index is 2.34. The van der Waals surface area contributed by atoms with Crippen LogP contribution in [0.25, 0.3) is 0 Å². The van der Waals surface area contributed by atoms with Gasteiger partial charge in [0.05, 0.1) is 0 Å². The van der Waals surface area contributed by atoms with Gasteiger partial charge in [0.15, 0.2) is 5.76 Å². The lowest BCUT2D eigenvalue weighted by Gasteiger charge is -1.89. The zero-order valence-electron chi connectivity index (χ0n) is 7.35. The minimum atomic E-state index is 1.01. The smallest absolute Gasteiger partial charge is 0.164 e. The molecule has 0 spiro atoms. The summed E-state index contributed by atoms with van der Waals surface area (Å²) in [5.74, 6) is 1.03. The third kappa shape index (κ3) is 3.08. The molecule has 0 N–H and O–H groups in total. The van der Waals surface area contributed by atoms with Gasteiger partial charge < -0.3 is 4.74 Å². The van der Waals surface area contributed by atoms with Crippen molar-refractivity contribution in [2.45, 2.75) is 27.2 Å². The number of allylic oxidation sites excluding steroid dienone is 4. The Hall–Kier alpha value is -0.980. The molecule has 1 heteroatoms. The predicted molar refractivity (Wildman–Crippen MR) is 47.0 cm³/mol. The van der Waals surface area contributed by atoms with E-state index >= 15 is 0 Å². The van der Waals surface area contributed by atoms with Crippen molar-refractivity contribution < 1.29 is 4.74 Å². The Labute approximate surface area is 68.1 Å². The molecule has 0 fully saturated rings. The fourth-order valence-corrected chi connectivity index (χ4v) is 0.787. The van der Waals surface area contributed by atoms with Crippen LogP contribution in [0.2, 0.25) is 0 Å². The summed E-state index contributed by atoms with van der Waals surface area (Å²) in [5, 5.41) is 0. The van der Waals surface area contributed by atoms with Crippen molar-refractivity contribution in [2.75, 3.05) is 0 Å². The van der Waals surface area contributed by atoms with Gasteiger partial charge in [-0.1, -0.05) is 17.7 Å². The maximum Gasteiger partial charge on any atom is 0.164 e. The molecule has 1 aliphatic heterocycles. The quantitative estimate of drug-likeness (QED) is 0.563. The number of rotatable bonds is 3. The Bertz CT molecular complexity index is 227. The van der Waals surface area contributed by atoms with E-state index in [9.17, 15) is 0 Å². The first-order valence-electron chi connectivity index (χ1n) is 3.87. The minimum Gasteiger partial charge on any atom is -0.458 e. The summed E-state index contributed by atoms with van der Waals surface area (Å²) in [7, 11) is 0. The summed E-state index contributed by atoms with van der Waals surface area (Å²) in [5.41, 5.74) is 2.60. The molecule has 1 aliphatic rings. The van der Waals surface area contributed by atoms with Crippen molar-refractivity contribution in [2.24, 2.45) is 0 Å². The van der Waals surface area contributed by atoms with Gasteiger partial charge in [-0.05, 0) is 32.8 Å². The highest BCUT2D eigenvalue weighted by Gasteiger charge is 2.10. The van der Waals surface area contributed by atoms with E-state index in [-0.39, 0.29) is 0 Å². The van der Waals surface area contributed by atoms with Gasteiger partial charge in [-0.15, -0.1) is 0 Å². The van der Waals surface area contributed by atoms with E-state index in [1.807, 2.05) is 0 Å². The summed E-state index contributed by atoms with van der Waals surface area (Å²) in [6.45, 7) is 6.28. The van der Waals surface area contributed by atoms with Crippen LogP contribution in [0.1, 0.15) is 27.2 Å². The molecule has 0 amide bonds. The second-order valence-corrected chi connectivity index (χ2v) is 3.00. The standard InChI is InChI=1S/C10H14O/c1-8(2)5-4-6-9(3)10-7-11-10/h5-7H,4H2,1-3H3/b9-6-. The van der Waals surface area contributed by atoms with Crippen LogP contribution in [0.5, 0.6) is 0 Å². The molecule has 0 bridgehead atoms. The van der Waals surface area contributed by atoms with Gasteiger partial charge in [0.25, 0.3) is 0 Å². The molecule has 1 heterocycles. The normalized spacial score (nSPS) is 15.2. The van der Waals surface area contributed by atoms with E-state index in [4.69, 9.17) is 4.74 Å². The number of hydrogen-bond donors (Lipinski definition) is 0. The zero-order chi connectivity index (χ0) is 8.27. The highest BCUT2D eigenvalue weighted by Crippen LogP contribution is 2.22. The first kappa shape index (κ1) is 8.12. The topological polar surface area (TPSA) is 12.5 Å². The van der Waals surface area contributed by atoms with Crippen molar-refractivity contribution in [3.8, 4) is 0 Å². The van der Waals surface area contributed by atoms with Crippen LogP contribution < -0.4 is 0 Å². The van der Waals surface area contributed by atoms with Gasteiger partial charge in [-0.3, -0.25) is 0 Å². The van der Waals surface area contributed by atoms with E-state index < -0.39 is 0 Å². The SMILES string of the molecule is CC(C)=CC/C=C(/C)C1=CO1. The van der Waals surface area contributed by atoms with Crippen molar-refractivity contribution in [1.82, 2.24) is 0 Å². The van der Waals surface area contributed by atoms with E-state index in [0.29, 0.717) is 0 Å². The van der Waals surface area contributed by atoms with Crippen molar-refractivity contribution in [3.05, 3.63) is 35.3 Å². The molecule has 60 valence electrons. The molecule has 0 saturated carbocycles. The van der Waals surface area contributed by atoms with E-state index in [0.717, 1.165) is 12.2 Å². The van der Waals surface area contributed by atoms with Crippen LogP contribution in [0.4, 0.5) is 0 Å². The lowest BCUT2D eigenvalue weighted by atomic mass is 10.2. The highest BCUT2D eigenvalue weighted by molar-refractivity contribution is 5.30. The minimum absolute atomic E-state index is 1.01. The van der Waals surface area contributed by atoms with Crippen LogP contribution in [-0.2, 0) is 4.74 Å². The summed E-state index contributed by atoms with van der Waals surface area (Å²) in [6.07, 6.45) is 7.15. The third-order valence-electron chi connectivity index (χ3n) is 1.57. The first-order chi connectivity index (χ1) is 5.20. The second-order valence-electron chi connectivity index (χ2n) is 3.00. The van der Waals surface area contributed by atoms with Gasteiger partial charge in [-0.2, -0.15) is 0 Å². The number of ether oxygens (including phenoxy) is 1. The largest absolute Gasteiger partial charge is 0.458 e. The highest BCUT2D eigenvalue weighted by atomic mass is 16.5. The summed E-state index contributed by atoms with van der Waals surface area (Å²) < 4.78 is 4.93. The molecule has 0 aromatic rings. The summed E-state index contributed by atoms with van der Waals surface area (Å²) in [6, 6.07) is 0. The molecule has 11 heavy (non-hydrogen) atoms. The fourth-order valence-electron chi connectivity index (χ4n) is 0.787. The van der Waals surface area contributed by atoms with Crippen molar-refractivity contribution in [3.63, 3.8) is 0 Å². The Morgan fingerprint density at radius 1 is 1.36 bits per heavy atom. The van der Waals surface area contributed by atoms with E-state index in [2.05, 4.69) is 32.9 Å². The molecular weight excluding hydrogens is 136 g/mol. The Morgan fingerprint density at radius 3 is 2.45 bits per heavy atom. The second kappa shape index (κ2) is 3.42.